The molecule has 1 N–H and O–H groups in total. The molecule has 1 aliphatic rings. The van der Waals surface area contributed by atoms with Crippen molar-refractivity contribution >= 4 is 15.8 Å². The molecule has 170 valence electrons. The van der Waals surface area contributed by atoms with Crippen LogP contribution in [0.1, 0.15) is 19.9 Å². The Morgan fingerprint density at radius 1 is 1.31 bits per heavy atom. The maximum Gasteiger partial charge on any atom is 0.266 e. The monoisotopic (exact) mass is 463 g/mol. The summed E-state index contributed by atoms with van der Waals surface area (Å²) in [6.45, 7) is 4.33. The quantitative estimate of drug-likeness (QED) is 0.568. The van der Waals surface area contributed by atoms with E-state index in [4.69, 9.17) is 14.2 Å². The van der Waals surface area contributed by atoms with Crippen LogP contribution in [0.4, 0.5) is 10.2 Å². The van der Waals surface area contributed by atoms with Gasteiger partial charge in [-0.3, -0.25) is 4.72 Å². The Kier molecular flexibility index (Phi) is 5.98. The van der Waals surface area contributed by atoms with E-state index in [-0.39, 0.29) is 36.6 Å². The molecule has 2 aromatic heterocycles. The molecule has 0 aliphatic carbocycles. The number of anilines is 1. The van der Waals surface area contributed by atoms with Gasteiger partial charge in [0.25, 0.3) is 10.0 Å². The van der Waals surface area contributed by atoms with Gasteiger partial charge in [-0.2, -0.15) is 0 Å². The van der Waals surface area contributed by atoms with Gasteiger partial charge in [-0.1, -0.05) is 6.07 Å². The van der Waals surface area contributed by atoms with Gasteiger partial charge in [0.05, 0.1) is 6.61 Å². The molecule has 0 amide bonds. The minimum Gasteiger partial charge on any atom is -0.486 e. The number of benzene rings is 1. The van der Waals surface area contributed by atoms with Crippen LogP contribution in [0.3, 0.4) is 0 Å². The summed E-state index contributed by atoms with van der Waals surface area (Å²) in [5.41, 5.74) is 0.420. The first-order valence-corrected chi connectivity index (χ1v) is 11.3. The third-order valence-corrected chi connectivity index (χ3v) is 6.07. The summed E-state index contributed by atoms with van der Waals surface area (Å²) in [5, 5.41) is 7.95. The molecule has 4 rings (SSSR count). The van der Waals surface area contributed by atoms with E-state index in [0.717, 1.165) is 12.1 Å². The average Bonchev–Trinajstić information content (AvgIpc) is 3.23. The lowest BCUT2D eigenvalue weighted by Crippen LogP contribution is -2.33. The number of sulfonamides is 1. The summed E-state index contributed by atoms with van der Waals surface area (Å²) in [6.07, 6.45) is 1.16. The molecule has 12 heteroatoms. The second kappa shape index (κ2) is 8.71. The standard InChI is InChI=1S/C20H22FN5O5S/c1-12(2)26-11-22-24-20(26)15-5-4-6-19(23-15)25-32(27,28)18-8-16-17(7-14(18)21)31-13(9-29-3)10-30-16/h4-8,11-13H,9-10H2,1-3H3,(H,23,25). The van der Waals surface area contributed by atoms with Gasteiger partial charge < -0.3 is 18.8 Å². The summed E-state index contributed by atoms with van der Waals surface area (Å²) in [7, 11) is -2.79. The van der Waals surface area contributed by atoms with Gasteiger partial charge in [0.1, 0.15) is 35.2 Å². The molecule has 3 heterocycles. The third-order valence-electron chi connectivity index (χ3n) is 4.71. The predicted molar refractivity (Wildman–Crippen MR) is 113 cm³/mol. The maximum atomic E-state index is 14.7. The van der Waals surface area contributed by atoms with Crippen LogP contribution in [-0.4, -0.2) is 54.6 Å². The smallest absolute Gasteiger partial charge is 0.266 e. The number of halogens is 1. The van der Waals surface area contributed by atoms with Gasteiger partial charge in [0.2, 0.25) is 0 Å². The highest BCUT2D eigenvalue weighted by atomic mass is 32.2. The van der Waals surface area contributed by atoms with Crippen LogP contribution in [-0.2, 0) is 14.8 Å². The lowest BCUT2D eigenvalue weighted by Gasteiger charge is -2.26. The molecule has 0 saturated heterocycles. The number of aromatic nitrogens is 4. The van der Waals surface area contributed by atoms with Crippen LogP contribution in [0.25, 0.3) is 11.5 Å². The Morgan fingerprint density at radius 2 is 2.12 bits per heavy atom. The Morgan fingerprint density at radius 3 is 2.88 bits per heavy atom. The first kappa shape index (κ1) is 22.0. The summed E-state index contributed by atoms with van der Waals surface area (Å²) in [4.78, 5) is 3.73. The highest BCUT2D eigenvalue weighted by Gasteiger charge is 2.28. The fourth-order valence-corrected chi connectivity index (χ4v) is 4.28. The number of fused-ring (bicyclic) bond motifs is 1. The van der Waals surface area contributed by atoms with Crippen LogP contribution in [0.5, 0.6) is 11.5 Å². The lowest BCUT2D eigenvalue weighted by molar-refractivity contribution is 0.0266. The van der Waals surface area contributed by atoms with Gasteiger partial charge in [-0.15, -0.1) is 10.2 Å². The topological polar surface area (TPSA) is 117 Å². The van der Waals surface area contributed by atoms with Gasteiger partial charge in [-0.25, -0.2) is 17.8 Å². The molecule has 0 radical (unpaired) electrons. The summed E-state index contributed by atoms with van der Waals surface area (Å²) >= 11 is 0. The van der Waals surface area contributed by atoms with E-state index in [2.05, 4.69) is 19.9 Å². The van der Waals surface area contributed by atoms with E-state index < -0.39 is 26.8 Å². The van der Waals surface area contributed by atoms with Crippen LogP contribution < -0.4 is 14.2 Å². The molecule has 32 heavy (non-hydrogen) atoms. The van der Waals surface area contributed by atoms with E-state index >= 15 is 0 Å². The lowest BCUT2D eigenvalue weighted by atomic mass is 10.2. The Labute approximate surface area is 184 Å². The number of nitrogens with one attached hydrogen (secondary N) is 1. The largest absolute Gasteiger partial charge is 0.486 e. The molecule has 0 spiro atoms. The maximum absolute atomic E-state index is 14.7. The van der Waals surface area contributed by atoms with Crippen molar-refractivity contribution in [3.05, 3.63) is 42.5 Å². The number of pyridine rings is 1. The molecule has 3 aromatic rings. The zero-order valence-corrected chi connectivity index (χ0v) is 18.5. The first-order chi connectivity index (χ1) is 15.3. The fourth-order valence-electron chi connectivity index (χ4n) is 3.20. The van der Waals surface area contributed by atoms with Crippen molar-refractivity contribution in [3.8, 4) is 23.0 Å². The minimum absolute atomic E-state index is 0.00949. The van der Waals surface area contributed by atoms with Crippen molar-refractivity contribution in [2.75, 3.05) is 25.0 Å². The zero-order valence-electron chi connectivity index (χ0n) is 17.6. The van der Waals surface area contributed by atoms with Crippen molar-refractivity contribution in [2.45, 2.75) is 30.9 Å². The Hall–Kier alpha value is -3.25. The molecule has 1 unspecified atom stereocenters. The number of methoxy groups -OCH3 is 1. The van der Waals surface area contributed by atoms with Crippen molar-refractivity contribution < 1.29 is 27.0 Å². The summed E-state index contributed by atoms with van der Waals surface area (Å²) in [6, 6.07) is 6.92. The molecule has 1 aromatic carbocycles. The van der Waals surface area contributed by atoms with E-state index in [0.29, 0.717) is 11.5 Å². The third kappa shape index (κ3) is 4.36. The van der Waals surface area contributed by atoms with Gasteiger partial charge >= 0.3 is 0 Å². The van der Waals surface area contributed by atoms with Crippen molar-refractivity contribution in [3.63, 3.8) is 0 Å². The van der Waals surface area contributed by atoms with Crippen molar-refractivity contribution in [1.82, 2.24) is 19.7 Å². The highest BCUT2D eigenvalue weighted by Crippen LogP contribution is 2.36. The fraction of sp³-hybridized carbons (Fsp3) is 0.350. The van der Waals surface area contributed by atoms with Gasteiger partial charge in [0.15, 0.2) is 23.4 Å². The second-order valence-corrected chi connectivity index (χ2v) is 9.06. The number of rotatable bonds is 7. The minimum atomic E-state index is -4.30. The SMILES string of the molecule is COCC1COc2cc(S(=O)(=O)Nc3cccc(-c4nncn4C(C)C)n3)c(F)cc2O1. The van der Waals surface area contributed by atoms with Crippen molar-refractivity contribution in [2.24, 2.45) is 0 Å². The van der Waals surface area contributed by atoms with E-state index in [1.807, 2.05) is 13.8 Å². The highest BCUT2D eigenvalue weighted by molar-refractivity contribution is 7.92. The van der Waals surface area contributed by atoms with Crippen LogP contribution >= 0.6 is 0 Å². The molecular formula is C20H22FN5O5S. The molecule has 0 fully saturated rings. The molecule has 1 aliphatic heterocycles. The van der Waals surface area contributed by atoms with E-state index in [1.54, 1.807) is 23.0 Å². The number of hydrogen-bond acceptors (Lipinski definition) is 8. The van der Waals surface area contributed by atoms with Crippen LogP contribution in [0, 0.1) is 5.82 Å². The van der Waals surface area contributed by atoms with E-state index in [9.17, 15) is 12.8 Å². The second-order valence-electron chi connectivity index (χ2n) is 7.40. The number of ether oxygens (including phenoxy) is 3. The normalized spacial score (nSPS) is 15.7. The molecule has 10 nitrogen and oxygen atoms in total. The van der Waals surface area contributed by atoms with Gasteiger partial charge in [0, 0.05) is 25.3 Å². The number of nitrogens with zero attached hydrogens (tertiary/aromatic N) is 4. The average molecular weight is 463 g/mol. The molecule has 0 saturated carbocycles. The molecule has 0 bridgehead atoms. The predicted octanol–water partition coefficient (Wildman–Crippen LogP) is 2.65. The molecular weight excluding hydrogens is 441 g/mol. The summed E-state index contributed by atoms with van der Waals surface area (Å²) < 4.78 is 60.8. The summed E-state index contributed by atoms with van der Waals surface area (Å²) in [5.74, 6) is -0.241. The van der Waals surface area contributed by atoms with Crippen molar-refractivity contribution in [1.29, 1.82) is 0 Å². The van der Waals surface area contributed by atoms with E-state index in [1.165, 1.54) is 13.2 Å². The Balaban J connectivity index is 1.61. The van der Waals surface area contributed by atoms with Crippen LogP contribution in [0.15, 0.2) is 41.6 Å². The first-order valence-electron chi connectivity index (χ1n) is 9.80. The van der Waals surface area contributed by atoms with Gasteiger partial charge in [-0.05, 0) is 26.0 Å². The number of hydrogen-bond donors (Lipinski definition) is 1. The molecule has 1 atom stereocenters. The van der Waals surface area contributed by atoms with Crippen LogP contribution in [0.2, 0.25) is 0 Å². The Bertz CT molecular complexity index is 1230. The zero-order chi connectivity index (χ0) is 22.9.